The summed E-state index contributed by atoms with van der Waals surface area (Å²) in [5.74, 6) is -0.903. The Labute approximate surface area is 184 Å². The number of anilines is 1. The zero-order chi connectivity index (χ0) is 22.1. The normalized spacial score (nSPS) is 11.2. The SMILES string of the molecule is Cc1ccc(NC(=O)C(C)(C)c2ccc(Cl)c(Cl)c2)nc1-c1cccc(C(=O)O)c1. The number of carboxylic acids is 1. The van der Waals surface area contributed by atoms with Crippen LogP contribution < -0.4 is 5.32 Å². The van der Waals surface area contributed by atoms with Crippen LogP contribution in [-0.4, -0.2) is 22.0 Å². The Balaban J connectivity index is 1.91. The molecule has 3 rings (SSSR count). The minimum atomic E-state index is -1.01. The van der Waals surface area contributed by atoms with Gasteiger partial charge in [0, 0.05) is 5.56 Å². The summed E-state index contributed by atoms with van der Waals surface area (Å²) in [7, 11) is 0. The predicted octanol–water partition coefficient (Wildman–Crippen LogP) is 5.98. The topological polar surface area (TPSA) is 79.3 Å². The van der Waals surface area contributed by atoms with Crippen LogP contribution in [0.3, 0.4) is 0 Å². The van der Waals surface area contributed by atoms with E-state index in [-0.39, 0.29) is 11.5 Å². The molecule has 0 aliphatic heterocycles. The molecule has 0 unspecified atom stereocenters. The number of halogens is 2. The van der Waals surface area contributed by atoms with Crippen LogP contribution in [-0.2, 0) is 10.2 Å². The standard InChI is InChI=1S/C23H20Cl2N2O3/c1-13-7-10-19(26-20(13)14-5-4-6-15(11-14)21(28)29)27-22(30)23(2,3)16-8-9-17(24)18(25)12-16/h4-12H,1-3H3,(H,28,29)(H,26,27,30). The van der Waals surface area contributed by atoms with E-state index in [1.807, 2.05) is 13.0 Å². The first kappa shape index (κ1) is 21.8. The number of aryl methyl sites for hydroxylation is 1. The number of nitrogens with one attached hydrogen (secondary N) is 1. The number of aromatic carboxylic acids is 1. The monoisotopic (exact) mass is 442 g/mol. The fourth-order valence-electron chi connectivity index (χ4n) is 2.98. The van der Waals surface area contributed by atoms with Crippen molar-refractivity contribution in [2.24, 2.45) is 0 Å². The maximum Gasteiger partial charge on any atom is 0.335 e. The lowest BCUT2D eigenvalue weighted by molar-refractivity contribution is -0.120. The lowest BCUT2D eigenvalue weighted by atomic mass is 9.83. The summed E-state index contributed by atoms with van der Waals surface area (Å²) in [5, 5.41) is 12.9. The molecule has 0 radical (unpaired) electrons. The Morgan fingerprint density at radius 1 is 1.00 bits per heavy atom. The molecular formula is C23H20Cl2N2O3. The lowest BCUT2D eigenvalue weighted by Gasteiger charge is -2.24. The molecule has 0 saturated carbocycles. The van der Waals surface area contributed by atoms with Gasteiger partial charge in [0.2, 0.25) is 5.91 Å². The summed E-state index contributed by atoms with van der Waals surface area (Å²) in [6.07, 6.45) is 0. The van der Waals surface area contributed by atoms with E-state index in [4.69, 9.17) is 23.2 Å². The molecule has 1 amide bonds. The summed E-state index contributed by atoms with van der Waals surface area (Å²) in [6.45, 7) is 5.45. The number of rotatable bonds is 5. The van der Waals surface area contributed by atoms with Crippen molar-refractivity contribution in [1.82, 2.24) is 4.98 Å². The third-order valence-corrected chi connectivity index (χ3v) is 5.67. The minimum Gasteiger partial charge on any atom is -0.478 e. The number of hydrogen-bond acceptors (Lipinski definition) is 3. The molecule has 1 aromatic heterocycles. The van der Waals surface area contributed by atoms with Crippen LogP contribution in [0.1, 0.15) is 35.3 Å². The molecule has 2 N–H and O–H groups in total. The Bertz CT molecular complexity index is 1140. The van der Waals surface area contributed by atoms with Gasteiger partial charge in [0.1, 0.15) is 5.82 Å². The largest absolute Gasteiger partial charge is 0.478 e. The second-order valence-corrected chi connectivity index (χ2v) is 8.27. The molecule has 0 aliphatic rings. The number of aromatic nitrogens is 1. The highest BCUT2D eigenvalue weighted by atomic mass is 35.5. The van der Waals surface area contributed by atoms with Crippen molar-refractivity contribution in [3.8, 4) is 11.3 Å². The number of carboxylic acid groups (broad SMARTS) is 1. The first-order chi connectivity index (χ1) is 14.1. The summed E-state index contributed by atoms with van der Waals surface area (Å²) < 4.78 is 0. The number of pyridine rings is 1. The van der Waals surface area contributed by atoms with E-state index in [9.17, 15) is 14.7 Å². The van der Waals surface area contributed by atoms with Gasteiger partial charge >= 0.3 is 5.97 Å². The van der Waals surface area contributed by atoms with Crippen molar-refractivity contribution in [2.75, 3.05) is 5.32 Å². The average molecular weight is 443 g/mol. The van der Waals surface area contributed by atoms with Gasteiger partial charge in [-0.2, -0.15) is 0 Å². The number of carbonyl (C=O) groups is 2. The van der Waals surface area contributed by atoms with Crippen LogP contribution in [0.4, 0.5) is 5.82 Å². The number of benzene rings is 2. The second-order valence-electron chi connectivity index (χ2n) is 7.46. The van der Waals surface area contributed by atoms with Gasteiger partial charge in [-0.15, -0.1) is 0 Å². The predicted molar refractivity (Wildman–Crippen MR) is 119 cm³/mol. The molecule has 0 bridgehead atoms. The van der Waals surface area contributed by atoms with E-state index in [1.165, 1.54) is 6.07 Å². The summed E-state index contributed by atoms with van der Waals surface area (Å²) in [6, 6.07) is 15.2. The van der Waals surface area contributed by atoms with Crippen molar-refractivity contribution >= 4 is 40.9 Å². The zero-order valence-electron chi connectivity index (χ0n) is 16.7. The van der Waals surface area contributed by atoms with Crippen molar-refractivity contribution in [2.45, 2.75) is 26.2 Å². The van der Waals surface area contributed by atoms with Crippen LogP contribution in [0.25, 0.3) is 11.3 Å². The van der Waals surface area contributed by atoms with E-state index in [2.05, 4.69) is 10.3 Å². The fourth-order valence-corrected chi connectivity index (χ4v) is 3.28. The molecule has 154 valence electrons. The van der Waals surface area contributed by atoms with Gasteiger partial charge in [0.25, 0.3) is 0 Å². The van der Waals surface area contributed by atoms with Crippen molar-refractivity contribution in [3.63, 3.8) is 0 Å². The molecule has 0 atom stereocenters. The molecule has 0 saturated heterocycles. The number of hydrogen-bond donors (Lipinski definition) is 2. The van der Waals surface area contributed by atoms with Crippen LogP contribution in [0.15, 0.2) is 54.6 Å². The first-order valence-corrected chi connectivity index (χ1v) is 9.93. The Kier molecular flexibility index (Phi) is 6.15. The number of amides is 1. The maximum atomic E-state index is 13.0. The van der Waals surface area contributed by atoms with Crippen LogP contribution >= 0.6 is 23.2 Å². The van der Waals surface area contributed by atoms with Crippen LogP contribution in [0, 0.1) is 6.92 Å². The molecule has 0 aliphatic carbocycles. The smallest absolute Gasteiger partial charge is 0.335 e. The summed E-state index contributed by atoms with van der Waals surface area (Å²) in [4.78, 5) is 28.8. The third-order valence-electron chi connectivity index (χ3n) is 4.93. The molecule has 30 heavy (non-hydrogen) atoms. The maximum absolute atomic E-state index is 13.0. The molecule has 7 heteroatoms. The molecule has 5 nitrogen and oxygen atoms in total. The molecule has 1 heterocycles. The van der Waals surface area contributed by atoms with Gasteiger partial charge in [-0.05, 0) is 62.2 Å². The Hall–Kier alpha value is -2.89. The highest BCUT2D eigenvalue weighted by molar-refractivity contribution is 6.42. The molecule has 0 fully saturated rings. The van der Waals surface area contributed by atoms with Gasteiger partial charge in [0.15, 0.2) is 0 Å². The van der Waals surface area contributed by atoms with Gasteiger partial charge in [0.05, 0.1) is 26.7 Å². The van der Waals surface area contributed by atoms with Crippen molar-refractivity contribution in [3.05, 3.63) is 81.3 Å². The number of carbonyl (C=O) groups excluding carboxylic acids is 1. The molecule has 3 aromatic rings. The van der Waals surface area contributed by atoms with Crippen LogP contribution in [0.5, 0.6) is 0 Å². The van der Waals surface area contributed by atoms with E-state index in [0.717, 1.165) is 11.1 Å². The van der Waals surface area contributed by atoms with E-state index in [0.29, 0.717) is 27.1 Å². The number of nitrogens with zero attached hydrogens (tertiary/aromatic N) is 1. The summed E-state index contributed by atoms with van der Waals surface area (Å²) >= 11 is 12.1. The van der Waals surface area contributed by atoms with E-state index < -0.39 is 11.4 Å². The highest BCUT2D eigenvalue weighted by Gasteiger charge is 2.30. The third kappa shape index (κ3) is 4.48. The molecule has 0 spiro atoms. The Morgan fingerprint density at radius 2 is 1.73 bits per heavy atom. The highest BCUT2D eigenvalue weighted by Crippen LogP contribution is 2.31. The molecular weight excluding hydrogens is 423 g/mol. The van der Waals surface area contributed by atoms with Crippen molar-refractivity contribution in [1.29, 1.82) is 0 Å². The summed E-state index contributed by atoms with van der Waals surface area (Å²) in [5.41, 5.74) is 2.12. The first-order valence-electron chi connectivity index (χ1n) is 9.18. The molecule has 2 aromatic carbocycles. The van der Waals surface area contributed by atoms with Crippen molar-refractivity contribution < 1.29 is 14.7 Å². The van der Waals surface area contributed by atoms with E-state index in [1.54, 1.807) is 56.3 Å². The zero-order valence-corrected chi connectivity index (χ0v) is 18.2. The van der Waals surface area contributed by atoms with Gasteiger partial charge in [-0.3, -0.25) is 4.79 Å². The fraction of sp³-hybridized carbons (Fsp3) is 0.174. The lowest BCUT2D eigenvalue weighted by Crippen LogP contribution is -2.35. The second kappa shape index (κ2) is 8.46. The van der Waals surface area contributed by atoms with Gasteiger partial charge < -0.3 is 10.4 Å². The average Bonchev–Trinajstić information content (AvgIpc) is 2.71. The minimum absolute atomic E-state index is 0.170. The van der Waals surface area contributed by atoms with E-state index >= 15 is 0 Å². The Morgan fingerprint density at radius 3 is 2.40 bits per heavy atom. The van der Waals surface area contributed by atoms with Gasteiger partial charge in [-0.25, -0.2) is 9.78 Å². The van der Waals surface area contributed by atoms with Gasteiger partial charge in [-0.1, -0.05) is 47.5 Å². The van der Waals surface area contributed by atoms with Crippen LogP contribution in [0.2, 0.25) is 10.0 Å². The quantitative estimate of drug-likeness (QED) is 0.509.